The topological polar surface area (TPSA) is 68.2 Å². The van der Waals surface area contributed by atoms with Gasteiger partial charge in [0.1, 0.15) is 0 Å². The molecule has 3 aromatic rings. The highest BCUT2D eigenvalue weighted by Gasteiger charge is 2.23. The van der Waals surface area contributed by atoms with Gasteiger partial charge in [-0.3, -0.25) is 4.79 Å². The van der Waals surface area contributed by atoms with Gasteiger partial charge in [-0.2, -0.15) is 0 Å². The maximum atomic E-state index is 12.8. The molecule has 5 nitrogen and oxygen atoms in total. The Kier molecular flexibility index (Phi) is 4.52. The van der Waals surface area contributed by atoms with Crippen LogP contribution in [0.2, 0.25) is 0 Å². The predicted octanol–water partition coefficient (Wildman–Crippen LogP) is 3.66. The van der Waals surface area contributed by atoms with E-state index in [1.165, 1.54) is 5.56 Å². The molecule has 6 heteroatoms. The summed E-state index contributed by atoms with van der Waals surface area (Å²) in [6.07, 6.45) is 5.79. The number of carbonyl (C=O) groups is 1. The quantitative estimate of drug-likeness (QED) is 0.749. The molecule has 0 atom stereocenters. The number of aromatic nitrogens is 1. The van der Waals surface area contributed by atoms with Crippen molar-refractivity contribution >= 4 is 26.8 Å². The average molecular weight is 382 g/mol. The van der Waals surface area contributed by atoms with E-state index in [9.17, 15) is 13.2 Å². The Bertz CT molecular complexity index is 1130. The lowest BCUT2D eigenvalue weighted by Crippen LogP contribution is -2.30. The van der Waals surface area contributed by atoms with Crippen LogP contribution in [0.5, 0.6) is 0 Å². The number of amides is 1. The third kappa shape index (κ3) is 3.25. The number of nitrogens with one attached hydrogen (secondary N) is 1. The standard InChI is InChI=1S/C21H22N2O3S/c1-2-23-14-19(18-9-5-6-10-20(18)23)21(24)22-27(25,26)17-12-11-15-7-3-4-8-16(15)13-17/h5-6,9-14H,2-4,7-8H2,1H3,(H,22,24). The van der Waals surface area contributed by atoms with E-state index in [-0.39, 0.29) is 4.90 Å². The molecular formula is C21H22N2O3S. The molecule has 0 bridgehead atoms. The highest BCUT2D eigenvalue weighted by atomic mass is 32.2. The summed E-state index contributed by atoms with van der Waals surface area (Å²) in [7, 11) is -3.92. The van der Waals surface area contributed by atoms with E-state index in [1.54, 1.807) is 18.3 Å². The second kappa shape index (κ2) is 6.85. The van der Waals surface area contributed by atoms with Crippen molar-refractivity contribution in [2.24, 2.45) is 0 Å². The zero-order valence-corrected chi connectivity index (χ0v) is 16.1. The highest BCUT2D eigenvalue weighted by molar-refractivity contribution is 7.90. The first-order chi connectivity index (χ1) is 13.0. The first-order valence-corrected chi connectivity index (χ1v) is 10.7. The van der Waals surface area contributed by atoms with Gasteiger partial charge in [-0.25, -0.2) is 13.1 Å². The van der Waals surface area contributed by atoms with Crippen LogP contribution in [0, 0.1) is 0 Å². The highest BCUT2D eigenvalue weighted by Crippen LogP contribution is 2.25. The maximum Gasteiger partial charge on any atom is 0.267 e. The predicted molar refractivity (Wildman–Crippen MR) is 105 cm³/mol. The summed E-state index contributed by atoms with van der Waals surface area (Å²) in [4.78, 5) is 12.9. The maximum absolute atomic E-state index is 12.8. The molecule has 0 radical (unpaired) electrons. The molecule has 140 valence electrons. The SMILES string of the molecule is CCn1cc(C(=O)NS(=O)(=O)c2ccc3c(c2)CCCC3)c2ccccc21. The summed E-state index contributed by atoms with van der Waals surface area (Å²) >= 11 is 0. The molecule has 4 rings (SSSR count). The zero-order chi connectivity index (χ0) is 19.0. The Balaban J connectivity index is 1.66. The fourth-order valence-corrected chi connectivity index (χ4v) is 4.82. The Labute approximate surface area is 159 Å². The van der Waals surface area contributed by atoms with Crippen LogP contribution in [-0.2, 0) is 29.4 Å². The van der Waals surface area contributed by atoms with Crippen molar-refractivity contribution in [3.8, 4) is 0 Å². The molecule has 1 aromatic heterocycles. The van der Waals surface area contributed by atoms with E-state index in [1.807, 2.05) is 41.8 Å². The van der Waals surface area contributed by atoms with Gasteiger partial charge in [-0.1, -0.05) is 24.3 Å². The molecule has 1 heterocycles. The molecule has 0 saturated heterocycles. The normalized spacial score (nSPS) is 14.1. The van der Waals surface area contributed by atoms with Crippen LogP contribution in [0.3, 0.4) is 0 Å². The lowest BCUT2D eigenvalue weighted by molar-refractivity contribution is 0.0983. The fourth-order valence-electron chi connectivity index (χ4n) is 3.80. The van der Waals surface area contributed by atoms with Crippen LogP contribution in [0.15, 0.2) is 53.6 Å². The van der Waals surface area contributed by atoms with Gasteiger partial charge >= 0.3 is 0 Å². The van der Waals surface area contributed by atoms with Gasteiger partial charge in [-0.15, -0.1) is 0 Å². The van der Waals surface area contributed by atoms with Crippen LogP contribution in [0.4, 0.5) is 0 Å². The van der Waals surface area contributed by atoms with Crippen molar-refractivity contribution in [3.05, 3.63) is 65.4 Å². The molecule has 0 fully saturated rings. The summed E-state index contributed by atoms with van der Waals surface area (Å²) in [5.41, 5.74) is 3.56. The molecule has 0 saturated carbocycles. The van der Waals surface area contributed by atoms with Gasteiger partial charge in [-0.05, 0) is 61.9 Å². The Morgan fingerprint density at radius 3 is 2.59 bits per heavy atom. The molecule has 2 aromatic carbocycles. The summed E-state index contributed by atoms with van der Waals surface area (Å²) in [5, 5.41) is 0.748. The molecule has 0 aliphatic heterocycles. The minimum absolute atomic E-state index is 0.149. The third-order valence-electron chi connectivity index (χ3n) is 5.23. The van der Waals surface area contributed by atoms with Gasteiger partial charge in [0.2, 0.25) is 0 Å². The van der Waals surface area contributed by atoms with Gasteiger partial charge in [0.25, 0.3) is 15.9 Å². The third-order valence-corrected chi connectivity index (χ3v) is 6.56. The second-order valence-electron chi connectivity index (χ2n) is 6.92. The van der Waals surface area contributed by atoms with Gasteiger partial charge in [0.15, 0.2) is 0 Å². The van der Waals surface area contributed by atoms with Crippen LogP contribution in [0.1, 0.15) is 41.3 Å². The van der Waals surface area contributed by atoms with Crippen LogP contribution < -0.4 is 4.72 Å². The Morgan fingerprint density at radius 1 is 1.07 bits per heavy atom. The van der Waals surface area contributed by atoms with Crippen molar-refractivity contribution in [2.75, 3.05) is 0 Å². The molecule has 27 heavy (non-hydrogen) atoms. The van der Waals surface area contributed by atoms with Crippen molar-refractivity contribution in [2.45, 2.75) is 44.0 Å². The lowest BCUT2D eigenvalue weighted by atomic mass is 9.92. The monoisotopic (exact) mass is 382 g/mol. The van der Waals surface area contributed by atoms with E-state index >= 15 is 0 Å². The van der Waals surface area contributed by atoms with Gasteiger partial charge in [0.05, 0.1) is 10.5 Å². The number of hydrogen-bond donors (Lipinski definition) is 1. The number of aryl methyl sites for hydroxylation is 3. The second-order valence-corrected chi connectivity index (χ2v) is 8.60. The minimum Gasteiger partial charge on any atom is -0.347 e. The summed E-state index contributed by atoms with van der Waals surface area (Å²) in [6.45, 7) is 2.68. The molecule has 0 unspecified atom stereocenters. The van der Waals surface area contributed by atoms with Crippen LogP contribution >= 0.6 is 0 Å². The van der Waals surface area contributed by atoms with E-state index in [2.05, 4.69) is 4.72 Å². The number of benzene rings is 2. The van der Waals surface area contributed by atoms with Crippen molar-refractivity contribution in [1.82, 2.24) is 9.29 Å². The van der Waals surface area contributed by atoms with E-state index in [0.717, 1.165) is 42.1 Å². The summed E-state index contributed by atoms with van der Waals surface area (Å²) in [5.74, 6) is -0.601. The van der Waals surface area contributed by atoms with Crippen molar-refractivity contribution in [1.29, 1.82) is 0 Å². The fraction of sp³-hybridized carbons (Fsp3) is 0.286. The molecular weight excluding hydrogens is 360 g/mol. The van der Waals surface area contributed by atoms with Gasteiger partial charge < -0.3 is 4.57 Å². The van der Waals surface area contributed by atoms with E-state index in [0.29, 0.717) is 12.1 Å². The number of nitrogens with zero attached hydrogens (tertiary/aromatic N) is 1. The number of sulfonamides is 1. The number of hydrogen-bond acceptors (Lipinski definition) is 3. The zero-order valence-electron chi connectivity index (χ0n) is 15.2. The lowest BCUT2D eigenvalue weighted by Gasteiger charge is -2.16. The number of carbonyl (C=O) groups excluding carboxylic acids is 1. The molecule has 1 aliphatic carbocycles. The van der Waals surface area contributed by atoms with Crippen LogP contribution in [0.25, 0.3) is 10.9 Å². The van der Waals surface area contributed by atoms with E-state index in [4.69, 9.17) is 0 Å². The average Bonchev–Trinajstić information content (AvgIpc) is 3.06. The minimum atomic E-state index is -3.92. The first kappa shape index (κ1) is 17.8. The van der Waals surface area contributed by atoms with Crippen molar-refractivity contribution in [3.63, 3.8) is 0 Å². The summed E-state index contributed by atoms with van der Waals surface area (Å²) < 4.78 is 29.7. The molecule has 1 N–H and O–H groups in total. The number of para-hydroxylation sites is 1. The number of rotatable bonds is 4. The molecule has 1 aliphatic rings. The van der Waals surface area contributed by atoms with Gasteiger partial charge in [0, 0.05) is 23.6 Å². The summed E-state index contributed by atoms with van der Waals surface area (Å²) in [6, 6.07) is 12.7. The molecule has 0 spiro atoms. The Morgan fingerprint density at radius 2 is 1.81 bits per heavy atom. The smallest absolute Gasteiger partial charge is 0.267 e. The molecule has 1 amide bonds. The number of fused-ring (bicyclic) bond motifs is 2. The first-order valence-electron chi connectivity index (χ1n) is 9.26. The van der Waals surface area contributed by atoms with Crippen molar-refractivity contribution < 1.29 is 13.2 Å². The van der Waals surface area contributed by atoms with E-state index < -0.39 is 15.9 Å². The Hall–Kier alpha value is -2.60. The largest absolute Gasteiger partial charge is 0.347 e. The van der Waals surface area contributed by atoms with Crippen LogP contribution in [-0.4, -0.2) is 18.9 Å².